The predicted molar refractivity (Wildman–Crippen MR) is 77.4 cm³/mol. The van der Waals surface area contributed by atoms with E-state index in [0.29, 0.717) is 5.41 Å². The van der Waals surface area contributed by atoms with Crippen LogP contribution in [0.25, 0.3) is 0 Å². The van der Waals surface area contributed by atoms with E-state index in [2.05, 4.69) is 10.6 Å². The van der Waals surface area contributed by atoms with Crippen LogP contribution in [0.3, 0.4) is 0 Å². The maximum Gasteiger partial charge on any atom is 0.253 e. The van der Waals surface area contributed by atoms with Gasteiger partial charge < -0.3 is 10.6 Å². The zero-order chi connectivity index (χ0) is 13.5. The van der Waals surface area contributed by atoms with Crippen molar-refractivity contribution in [3.05, 3.63) is 29.3 Å². The SMILES string of the molecule is CNc1cc(C)ccc1C(=O)NCC1(C2CC2)CC1. The van der Waals surface area contributed by atoms with Crippen LogP contribution >= 0.6 is 0 Å². The lowest BCUT2D eigenvalue weighted by atomic mass is 10.0. The number of carbonyl (C=O) groups is 1. The fraction of sp³-hybridized carbons (Fsp3) is 0.562. The van der Waals surface area contributed by atoms with Crippen LogP contribution in [0, 0.1) is 18.3 Å². The highest BCUT2D eigenvalue weighted by Gasteiger charge is 2.53. The third-order valence-corrected chi connectivity index (χ3v) is 4.63. The number of amides is 1. The van der Waals surface area contributed by atoms with Crippen LogP contribution in [0.4, 0.5) is 5.69 Å². The van der Waals surface area contributed by atoms with Crippen LogP contribution in [0.2, 0.25) is 0 Å². The predicted octanol–water partition coefficient (Wildman–Crippen LogP) is 2.96. The molecular weight excluding hydrogens is 236 g/mol. The first-order valence-electron chi connectivity index (χ1n) is 7.21. The van der Waals surface area contributed by atoms with E-state index in [-0.39, 0.29) is 5.91 Å². The molecule has 2 aliphatic carbocycles. The smallest absolute Gasteiger partial charge is 0.253 e. The van der Waals surface area contributed by atoms with Gasteiger partial charge in [0.25, 0.3) is 5.91 Å². The minimum atomic E-state index is 0.0521. The Labute approximate surface area is 114 Å². The van der Waals surface area contributed by atoms with E-state index in [1.807, 2.05) is 32.2 Å². The number of hydrogen-bond donors (Lipinski definition) is 2. The van der Waals surface area contributed by atoms with Crippen LogP contribution < -0.4 is 10.6 Å². The van der Waals surface area contributed by atoms with Crippen molar-refractivity contribution in [2.24, 2.45) is 11.3 Å². The highest BCUT2D eigenvalue weighted by molar-refractivity contribution is 5.99. The molecule has 2 N–H and O–H groups in total. The Morgan fingerprint density at radius 2 is 2.11 bits per heavy atom. The molecule has 2 aliphatic rings. The second kappa shape index (κ2) is 4.55. The standard InChI is InChI=1S/C16H22N2O/c1-11-3-6-13(14(9-11)17-2)15(19)18-10-16(7-8-16)12-4-5-12/h3,6,9,12,17H,4-5,7-8,10H2,1-2H3,(H,18,19). The molecule has 1 aromatic rings. The Morgan fingerprint density at radius 3 is 2.68 bits per heavy atom. The van der Waals surface area contributed by atoms with E-state index >= 15 is 0 Å². The summed E-state index contributed by atoms with van der Waals surface area (Å²) >= 11 is 0. The molecule has 0 atom stereocenters. The fourth-order valence-corrected chi connectivity index (χ4v) is 3.00. The summed E-state index contributed by atoms with van der Waals surface area (Å²) in [7, 11) is 1.86. The molecule has 2 saturated carbocycles. The zero-order valence-electron chi connectivity index (χ0n) is 11.8. The van der Waals surface area contributed by atoms with Gasteiger partial charge in [-0.1, -0.05) is 6.07 Å². The van der Waals surface area contributed by atoms with Gasteiger partial charge in [-0.2, -0.15) is 0 Å². The minimum absolute atomic E-state index is 0.0521. The number of nitrogens with one attached hydrogen (secondary N) is 2. The second-order valence-electron chi connectivity index (χ2n) is 6.12. The summed E-state index contributed by atoms with van der Waals surface area (Å²) in [6.07, 6.45) is 5.32. The zero-order valence-corrected chi connectivity index (χ0v) is 11.8. The fourth-order valence-electron chi connectivity index (χ4n) is 3.00. The molecule has 2 fully saturated rings. The van der Waals surface area contributed by atoms with Crippen molar-refractivity contribution in [1.82, 2.24) is 5.32 Å². The lowest BCUT2D eigenvalue weighted by molar-refractivity contribution is 0.0943. The van der Waals surface area contributed by atoms with Crippen LogP contribution in [-0.4, -0.2) is 19.5 Å². The van der Waals surface area contributed by atoms with Crippen LogP contribution in [0.15, 0.2) is 18.2 Å². The van der Waals surface area contributed by atoms with Gasteiger partial charge in [-0.15, -0.1) is 0 Å². The van der Waals surface area contributed by atoms with Gasteiger partial charge in [0.05, 0.1) is 5.56 Å². The van der Waals surface area contributed by atoms with E-state index < -0.39 is 0 Å². The molecule has 0 radical (unpaired) electrons. The maximum atomic E-state index is 12.3. The number of hydrogen-bond acceptors (Lipinski definition) is 2. The van der Waals surface area contributed by atoms with Gasteiger partial charge in [0.2, 0.25) is 0 Å². The van der Waals surface area contributed by atoms with E-state index in [4.69, 9.17) is 0 Å². The lowest BCUT2D eigenvalue weighted by Crippen LogP contribution is -2.31. The van der Waals surface area contributed by atoms with E-state index in [1.165, 1.54) is 25.7 Å². The summed E-state index contributed by atoms with van der Waals surface area (Å²) in [5, 5.41) is 6.24. The van der Waals surface area contributed by atoms with Crippen molar-refractivity contribution < 1.29 is 4.79 Å². The maximum absolute atomic E-state index is 12.3. The van der Waals surface area contributed by atoms with Crippen molar-refractivity contribution >= 4 is 11.6 Å². The lowest BCUT2D eigenvalue weighted by Gasteiger charge is -2.16. The van der Waals surface area contributed by atoms with Gasteiger partial charge in [-0.05, 0) is 61.6 Å². The molecule has 0 unspecified atom stereocenters. The Hall–Kier alpha value is -1.51. The number of benzene rings is 1. The van der Waals surface area contributed by atoms with Crippen molar-refractivity contribution in [2.45, 2.75) is 32.6 Å². The van der Waals surface area contributed by atoms with Gasteiger partial charge in [0, 0.05) is 19.3 Å². The molecule has 102 valence electrons. The average molecular weight is 258 g/mol. The first kappa shape index (κ1) is 12.5. The van der Waals surface area contributed by atoms with E-state index in [1.54, 1.807) is 0 Å². The minimum Gasteiger partial charge on any atom is -0.387 e. The molecule has 19 heavy (non-hydrogen) atoms. The highest BCUT2D eigenvalue weighted by Crippen LogP contribution is 2.60. The normalized spacial score (nSPS) is 19.9. The molecule has 0 aromatic heterocycles. The molecule has 1 amide bonds. The van der Waals surface area contributed by atoms with Crippen LogP contribution in [-0.2, 0) is 0 Å². The largest absolute Gasteiger partial charge is 0.387 e. The second-order valence-corrected chi connectivity index (χ2v) is 6.12. The van der Waals surface area contributed by atoms with Crippen molar-refractivity contribution in [2.75, 3.05) is 18.9 Å². The van der Waals surface area contributed by atoms with Crippen molar-refractivity contribution in [1.29, 1.82) is 0 Å². The van der Waals surface area contributed by atoms with Gasteiger partial charge in [-0.25, -0.2) is 0 Å². The highest BCUT2D eigenvalue weighted by atomic mass is 16.1. The Balaban J connectivity index is 1.66. The average Bonchev–Trinajstić information content (AvgIpc) is 3.28. The summed E-state index contributed by atoms with van der Waals surface area (Å²) in [6, 6.07) is 5.92. The number of anilines is 1. The monoisotopic (exact) mass is 258 g/mol. The van der Waals surface area contributed by atoms with Crippen molar-refractivity contribution in [3.63, 3.8) is 0 Å². The molecule has 0 heterocycles. The van der Waals surface area contributed by atoms with Gasteiger partial charge in [0.1, 0.15) is 0 Å². The summed E-state index contributed by atoms with van der Waals surface area (Å²) in [6.45, 7) is 2.89. The quantitative estimate of drug-likeness (QED) is 0.852. The van der Waals surface area contributed by atoms with Crippen LogP contribution in [0.5, 0.6) is 0 Å². The summed E-state index contributed by atoms with van der Waals surface area (Å²) < 4.78 is 0. The number of aryl methyl sites for hydroxylation is 1. The molecule has 3 nitrogen and oxygen atoms in total. The number of carbonyl (C=O) groups excluding carboxylic acids is 1. The van der Waals surface area contributed by atoms with Gasteiger partial charge in [-0.3, -0.25) is 4.79 Å². The Bertz CT molecular complexity index is 501. The Morgan fingerprint density at radius 1 is 1.37 bits per heavy atom. The molecule has 0 bridgehead atoms. The molecule has 1 aromatic carbocycles. The first-order valence-corrected chi connectivity index (χ1v) is 7.21. The summed E-state index contributed by atoms with van der Waals surface area (Å²) in [5.74, 6) is 0.936. The van der Waals surface area contributed by atoms with E-state index in [0.717, 1.165) is 29.3 Å². The summed E-state index contributed by atoms with van der Waals surface area (Å²) in [4.78, 5) is 12.3. The molecule has 3 rings (SSSR count). The van der Waals surface area contributed by atoms with Gasteiger partial charge >= 0.3 is 0 Å². The molecule has 0 saturated heterocycles. The van der Waals surface area contributed by atoms with E-state index in [9.17, 15) is 4.79 Å². The molecule has 3 heteroatoms. The Kier molecular flexibility index (Phi) is 3.00. The molecular formula is C16H22N2O. The first-order chi connectivity index (χ1) is 9.14. The molecule has 0 aliphatic heterocycles. The van der Waals surface area contributed by atoms with Crippen LogP contribution in [0.1, 0.15) is 41.6 Å². The topological polar surface area (TPSA) is 41.1 Å². The summed E-state index contributed by atoms with van der Waals surface area (Å²) in [5.41, 5.74) is 3.28. The third-order valence-electron chi connectivity index (χ3n) is 4.63. The molecule has 0 spiro atoms. The van der Waals surface area contributed by atoms with Crippen molar-refractivity contribution in [3.8, 4) is 0 Å². The third kappa shape index (κ3) is 2.46. The number of rotatable bonds is 5. The van der Waals surface area contributed by atoms with Gasteiger partial charge in [0.15, 0.2) is 0 Å².